The fourth-order valence-corrected chi connectivity index (χ4v) is 1.96. The van der Waals surface area contributed by atoms with E-state index in [0.717, 1.165) is 25.1 Å². The molecular weight excluding hydrogens is 269 g/mol. The van der Waals surface area contributed by atoms with Gasteiger partial charge >= 0.3 is 6.18 Å². The molecule has 0 aliphatic carbocycles. The van der Waals surface area contributed by atoms with E-state index in [9.17, 15) is 13.2 Å². The monoisotopic (exact) mass is 290 g/mol. The van der Waals surface area contributed by atoms with Crippen LogP contribution in [0.3, 0.4) is 0 Å². The molecule has 1 atom stereocenters. The van der Waals surface area contributed by atoms with Crippen molar-refractivity contribution in [1.29, 1.82) is 0 Å². The van der Waals surface area contributed by atoms with Crippen molar-refractivity contribution in [2.45, 2.75) is 18.6 Å². The van der Waals surface area contributed by atoms with Crippen molar-refractivity contribution in [3.8, 4) is 0 Å². The number of nitrogens with zero attached hydrogens (tertiary/aromatic N) is 1. The summed E-state index contributed by atoms with van der Waals surface area (Å²) in [4.78, 5) is 1.99. The summed E-state index contributed by atoms with van der Waals surface area (Å²) in [6.45, 7) is 1.95. The number of hydrogen-bond donors (Lipinski definition) is 1. The first-order valence-electron chi connectivity index (χ1n) is 6.45. The van der Waals surface area contributed by atoms with Crippen LogP contribution in [-0.4, -0.2) is 38.8 Å². The maximum Gasteiger partial charge on any atom is 0.416 e. The van der Waals surface area contributed by atoms with Gasteiger partial charge in [0.15, 0.2) is 0 Å². The van der Waals surface area contributed by atoms with E-state index in [4.69, 9.17) is 10.5 Å². The van der Waals surface area contributed by atoms with Crippen LogP contribution in [-0.2, 0) is 10.9 Å². The van der Waals surface area contributed by atoms with Gasteiger partial charge in [0.25, 0.3) is 0 Å². The number of halogens is 3. The van der Waals surface area contributed by atoms with Crippen molar-refractivity contribution in [3.05, 3.63) is 35.4 Å². The van der Waals surface area contributed by atoms with Crippen molar-refractivity contribution < 1.29 is 17.9 Å². The number of benzene rings is 1. The lowest BCUT2D eigenvalue weighted by molar-refractivity contribution is -0.137. The fraction of sp³-hybridized carbons (Fsp3) is 0.571. The summed E-state index contributed by atoms with van der Waals surface area (Å²) in [6.07, 6.45) is -3.47. The van der Waals surface area contributed by atoms with Gasteiger partial charge in [-0.05, 0) is 31.2 Å². The summed E-state index contributed by atoms with van der Waals surface area (Å²) in [6, 6.07) is 4.75. The van der Waals surface area contributed by atoms with Gasteiger partial charge in [0.1, 0.15) is 0 Å². The zero-order valence-corrected chi connectivity index (χ0v) is 11.8. The number of rotatable bonds is 7. The van der Waals surface area contributed by atoms with E-state index in [-0.39, 0.29) is 0 Å². The molecule has 6 heteroatoms. The molecule has 0 aromatic heterocycles. The summed E-state index contributed by atoms with van der Waals surface area (Å²) in [5.74, 6) is 0. The molecule has 0 saturated carbocycles. The topological polar surface area (TPSA) is 38.5 Å². The number of alkyl halides is 3. The average molecular weight is 290 g/mol. The third-order valence-electron chi connectivity index (χ3n) is 3.04. The fourth-order valence-electron chi connectivity index (χ4n) is 1.96. The quantitative estimate of drug-likeness (QED) is 0.785. The molecule has 0 saturated heterocycles. The van der Waals surface area contributed by atoms with Gasteiger partial charge in [-0.3, -0.25) is 0 Å². The van der Waals surface area contributed by atoms with E-state index in [0.29, 0.717) is 18.7 Å². The molecule has 0 fully saturated rings. The largest absolute Gasteiger partial charge is 0.416 e. The number of likely N-dealkylation sites (N-methyl/N-ethyl adjacent to an activating group) is 1. The van der Waals surface area contributed by atoms with E-state index in [1.54, 1.807) is 13.2 Å². The molecule has 1 aromatic rings. The van der Waals surface area contributed by atoms with Gasteiger partial charge in [-0.15, -0.1) is 0 Å². The second-order valence-corrected chi connectivity index (χ2v) is 4.84. The second kappa shape index (κ2) is 7.61. The van der Waals surface area contributed by atoms with E-state index >= 15 is 0 Å². The van der Waals surface area contributed by atoms with Crippen LogP contribution in [0.15, 0.2) is 24.3 Å². The van der Waals surface area contributed by atoms with E-state index < -0.39 is 17.8 Å². The lowest BCUT2D eigenvalue weighted by Gasteiger charge is -2.22. The summed E-state index contributed by atoms with van der Waals surface area (Å²) < 4.78 is 42.9. The lowest BCUT2D eigenvalue weighted by Crippen LogP contribution is -2.30. The van der Waals surface area contributed by atoms with Gasteiger partial charge in [-0.1, -0.05) is 12.1 Å². The predicted octanol–water partition coefficient (Wildman–Crippen LogP) is 2.67. The maximum atomic E-state index is 12.6. The van der Waals surface area contributed by atoms with Crippen LogP contribution >= 0.6 is 0 Å². The zero-order chi connectivity index (χ0) is 15.2. The molecule has 114 valence electrons. The zero-order valence-electron chi connectivity index (χ0n) is 11.8. The lowest BCUT2D eigenvalue weighted by atomic mass is 10.0. The standard InChI is InChI=1S/C14H21F3N2O/c1-19(7-4-8-20-2)10-13(18)11-5-3-6-12(9-11)14(15,16)17/h3,5-6,9,13H,4,7-8,10,18H2,1-2H3. The second-order valence-electron chi connectivity index (χ2n) is 4.84. The first kappa shape index (κ1) is 16.9. The van der Waals surface area contributed by atoms with Crippen molar-refractivity contribution in [2.75, 3.05) is 33.9 Å². The molecule has 0 aliphatic rings. The van der Waals surface area contributed by atoms with Crippen molar-refractivity contribution in [1.82, 2.24) is 4.90 Å². The van der Waals surface area contributed by atoms with Crippen LogP contribution in [0, 0.1) is 0 Å². The number of hydrogen-bond acceptors (Lipinski definition) is 3. The van der Waals surface area contributed by atoms with Crippen molar-refractivity contribution in [3.63, 3.8) is 0 Å². The Morgan fingerprint density at radius 1 is 1.35 bits per heavy atom. The van der Waals surface area contributed by atoms with Crippen LogP contribution in [0.25, 0.3) is 0 Å². The van der Waals surface area contributed by atoms with Crippen molar-refractivity contribution >= 4 is 0 Å². The Labute approximate surface area is 117 Å². The molecule has 0 radical (unpaired) electrons. The molecule has 2 N–H and O–H groups in total. The van der Waals surface area contributed by atoms with Gasteiger partial charge in [-0.25, -0.2) is 0 Å². The Bertz CT molecular complexity index is 410. The summed E-state index contributed by atoms with van der Waals surface area (Å²) >= 11 is 0. The third kappa shape index (κ3) is 5.48. The van der Waals surface area contributed by atoms with E-state index in [1.807, 2.05) is 11.9 Å². The van der Waals surface area contributed by atoms with Gasteiger partial charge in [0.05, 0.1) is 5.56 Å². The van der Waals surface area contributed by atoms with Crippen LogP contribution in [0.1, 0.15) is 23.6 Å². The van der Waals surface area contributed by atoms with Crippen LogP contribution in [0.2, 0.25) is 0 Å². The summed E-state index contributed by atoms with van der Waals surface area (Å²) in [5.41, 5.74) is 5.81. The molecule has 0 bridgehead atoms. The third-order valence-corrected chi connectivity index (χ3v) is 3.04. The number of methoxy groups -OCH3 is 1. The van der Waals surface area contributed by atoms with Gasteiger partial charge in [-0.2, -0.15) is 13.2 Å². The minimum absolute atomic E-state index is 0.440. The maximum absolute atomic E-state index is 12.6. The number of ether oxygens (including phenoxy) is 1. The Hall–Kier alpha value is -1.11. The minimum atomic E-state index is -4.33. The summed E-state index contributed by atoms with van der Waals surface area (Å²) in [5, 5.41) is 0. The number of nitrogens with two attached hydrogens (primary N) is 1. The normalized spacial score (nSPS) is 13.8. The Balaban J connectivity index is 2.61. The van der Waals surface area contributed by atoms with E-state index in [1.165, 1.54) is 6.07 Å². The van der Waals surface area contributed by atoms with E-state index in [2.05, 4.69) is 0 Å². The molecule has 1 aromatic carbocycles. The highest BCUT2D eigenvalue weighted by Gasteiger charge is 2.30. The molecule has 20 heavy (non-hydrogen) atoms. The Morgan fingerprint density at radius 2 is 2.05 bits per heavy atom. The van der Waals surface area contributed by atoms with Crippen LogP contribution in [0.4, 0.5) is 13.2 Å². The molecule has 0 heterocycles. The minimum Gasteiger partial charge on any atom is -0.385 e. The predicted molar refractivity (Wildman–Crippen MR) is 72.4 cm³/mol. The van der Waals surface area contributed by atoms with Gasteiger partial charge in [0.2, 0.25) is 0 Å². The van der Waals surface area contributed by atoms with Gasteiger partial charge in [0, 0.05) is 32.8 Å². The molecule has 0 spiro atoms. The highest BCUT2D eigenvalue weighted by Crippen LogP contribution is 2.30. The van der Waals surface area contributed by atoms with Crippen molar-refractivity contribution in [2.24, 2.45) is 5.73 Å². The van der Waals surface area contributed by atoms with Gasteiger partial charge < -0.3 is 15.4 Å². The molecule has 1 unspecified atom stereocenters. The molecule has 3 nitrogen and oxygen atoms in total. The summed E-state index contributed by atoms with van der Waals surface area (Å²) in [7, 11) is 3.53. The highest BCUT2D eigenvalue weighted by molar-refractivity contribution is 5.28. The van der Waals surface area contributed by atoms with Crippen LogP contribution in [0.5, 0.6) is 0 Å². The molecule has 0 aliphatic heterocycles. The molecule has 0 amide bonds. The SMILES string of the molecule is COCCCN(C)CC(N)c1cccc(C(F)(F)F)c1. The Kier molecular flexibility index (Phi) is 6.45. The molecule has 1 rings (SSSR count). The smallest absolute Gasteiger partial charge is 0.385 e. The first-order valence-corrected chi connectivity index (χ1v) is 6.45. The highest BCUT2D eigenvalue weighted by atomic mass is 19.4. The molecular formula is C14H21F3N2O. The van der Waals surface area contributed by atoms with Crippen LogP contribution < -0.4 is 5.73 Å². The Morgan fingerprint density at radius 3 is 2.65 bits per heavy atom. The average Bonchev–Trinajstić information content (AvgIpc) is 2.38. The first-order chi connectivity index (χ1) is 9.34.